The molecule has 5 heteroatoms. The smallest absolute Gasteiger partial charge is 0.254 e. The fraction of sp³-hybridized carbons (Fsp3) is 0.350. The lowest BCUT2D eigenvalue weighted by Crippen LogP contribution is -2.43. The second-order valence-electron chi connectivity index (χ2n) is 6.15. The third-order valence-corrected chi connectivity index (χ3v) is 4.41. The predicted octanol–water partition coefficient (Wildman–Crippen LogP) is 3.66. The molecule has 1 saturated heterocycles. The molecular weight excluding hydrogens is 321 g/mol. The molecule has 132 valence electrons. The van der Waals surface area contributed by atoms with Crippen molar-refractivity contribution >= 4 is 5.91 Å². The number of hydrogen-bond donors (Lipinski definition) is 0. The number of piperidine rings is 1. The van der Waals surface area contributed by atoms with Gasteiger partial charge in [-0.2, -0.15) is 0 Å². The van der Waals surface area contributed by atoms with Gasteiger partial charge in [0.1, 0.15) is 11.6 Å². The fourth-order valence-electron chi connectivity index (χ4n) is 3.02. The van der Waals surface area contributed by atoms with Gasteiger partial charge in [-0.3, -0.25) is 4.79 Å². The molecule has 2 aromatic carbocycles. The van der Waals surface area contributed by atoms with Crippen LogP contribution in [0.3, 0.4) is 0 Å². The van der Waals surface area contributed by atoms with Crippen molar-refractivity contribution in [2.45, 2.75) is 25.6 Å². The molecule has 1 aliphatic heterocycles. The van der Waals surface area contributed by atoms with Gasteiger partial charge in [-0.05, 0) is 37.1 Å². The molecule has 0 bridgehead atoms. The average molecular weight is 343 g/mol. The van der Waals surface area contributed by atoms with Crippen LogP contribution in [0.25, 0.3) is 0 Å². The number of amides is 1. The van der Waals surface area contributed by atoms with Crippen molar-refractivity contribution in [2.75, 3.05) is 20.2 Å². The zero-order valence-corrected chi connectivity index (χ0v) is 14.3. The SMILES string of the molecule is COc1cccc(C(=O)N2CCCC(OCc3ccccc3F)C2)c1. The maximum Gasteiger partial charge on any atom is 0.254 e. The summed E-state index contributed by atoms with van der Waals surface area (Å²) in [6.07, 6.45) is 1.66. The number of ether oxygens (including phenoxy) is 2. The van der Waals surface area contributed by atoms with Crippen LogP contribution in [-0.2, 0) is 11.3 Å². The quantitative estimate of drug-likeness (QED) is 0.832. The number of likely N-dealkylation sites (tertiary alicyclic amines) is 1. The summed E-state index contributed by atoms with van der Waals surface area (Å²) in [5.74, 6) is 0.371. The molecule has 3 rings (SSSR count). The van der Waals surface area contributed by atoms with Crippen LogP contribution in [0.15, 0.2) is 48.5 Å². The highest BCUT2D eigenvalue weighted by molar-refractivity contribution is 5.94. The van der Waals surface area contributed by atoms with Gasteiger partial charge in [0, 0.05) is 24.2 Å². The summed E-state index contributed by atoms with van der Waals surface area (Å²) in [7, 11) is 1.58. The summed E-state index contributed by atoms with van der Waals surface area (Å²) >= 11 is 0. The Morgan fingerprint density at radius 1 is 1.24 bits per heavy atom. The Hall–Kier alpha value is -2.40. The van der Waals surface area contributed by atoms with Gasteiger partial charge in [0.15, 0.2) is 0 Å². The lowest BCUT2D eigenvalue weighted by molar-refractivity contribution is -0.00762. The first-order valence-electron chi connectivity index (χ1n) is 8.45. The topological polar surface area (TPSA) is 38.8 Å². The Labute approximate surface area is 147 Å². The van der Waals surface area contributed by atoms with E-state index in [2.05, 4.69) is 0 Å². The van der Waals surface area contributed by atoms with Crippen LogP contribution < -0.4 is 4.74 Å². The number of benzene rings is 2. The zero-order valence-electron chi connectivity index (χ0n) is 14.3. The summed E-state index contributed by atoms with van der Waals surface area (Å²) in [6.45, 7) is 1.44. The van der Waals surface area contributed by atoms with E-state index in [9.17, 15) is 9.18 Å². The van der Waals surface area contributed by atoms with Crippen molar-refractivity contribution in [1.82, 2.24) is 4.90 Å². The van der Waals surface area contributed by atoms with Gasteiger partial charge in [-0.25, -0.2) is 4.39 Å². The van der Waals surface area contributed by atoms with E-state index in [1.165, 1.54) is 6.07 Å². The molecule has 0 aliphatic carbocycles. The Kier molecular flexibility index (Phi) is 5.66. The molecule has 2 aromatic rings. The number of halogens is 1. The maximum atomic E-state index is 13.7. The maximum absolute atomic E-state index is 13.7. The van der Waals surface area contributed by atoms with Crippen LogP contribution in [0, 0.1) is 5.82 Å². The van der Waals surface area contributed by atoms with Crippen molar-refractivity contribution in [3.05, 3.63) is 65.5 Å². The molecule has 0 N–H and O–H groups in total. The largest absolute Gasteiger partial charge is 0.497 e. The predicted molar refractivity (Wildman–Crippen MR) is 93.1 cm³/mol. The Morgan fingerprint density at radius 3 is 2.88 bits per heavy atom. The first kappa shape index (κ1) is 17.4. The fourth-order valence-corrected chi connectivity index (χ4v) is 3.02. The minimum atomic E-state index is -0.261. The normalized spacial score (nSPS) is 17.4. The van der Waals surface area contributed by atoms with Crippen molar-refractivity contribution in [3.8, 4) is 5.75 Å². The van der Waals surface area contributed by atoms with Crippen LogP contribution in [-0.4, -0.2) is 37.1 Å². The van der Waals surface area contributed by atoms with Gasteiger partial charge < -0.3 is 14.4 Å². The standard InChI is InChI=1S/C20H22FNO3/c1-24-17-8-4-7-15(12-17)20(23)22-11-5-9-18(13-22)25-14-16-6-2-3-10-19(16)21/h2-4,6-8,10,12,18H,5,9,11,13-14H2,1H3. The molecule has 4 nitrogen and oxygen atoms in total. The minimum Gasteiger partial charge on any atom is -0.497 e. The van der Waals surface area contributed by atoms with E-state index in [0.717, 1.165) is 12.8 Å². The van der Waals surface area contributed by atoms with E-state index < -0.39 is 0 Å². The Balaban J connectivity index is 1.60. The Morgan fingerprint density at radius 2 is 2.08 bits per heavy atom. The summed E-state index contributed by atoms with van der Waals surface area (Å²) in [5, 5.41) is 0. The van der Waals surface area contributed by atoms with Crippen LogP contribution in [0.4, 0.5) is 4.39 Å². The van der Waals surface area contributed by atoms with Gasteiger partial charge in [-0.1, -0.05) is 24.3 Å². The summed E-state index contributed by atoms with van der Waals surface area (Å²) in [6, 6.07) is 13.8. The third kappa shape index (κ3) is 4.37. The van der Waals surface area contributed by atoms with Crippen LogP contribution >= 0.6 is 0 Å². The van der Waals surface area contributed by atoms with Gasteiger partial charge >= 0.3 is 0 Å². The molecule has 0 spiro atoms. The van der Waals surface area contributed by atoms with E-state index in [4.69, 9.17) is 9.47 Å². The first-order valence-corrected chi connectivity index (χ1v) is 8.45. The molecular formula is C20H22FNO3. The van der Waals surface area contributed by atoms with Crippen LogP contribution in [0.5, 0.6) is 5.75 Å². The summed E-state index contributed by atoms with van der Waals surface area (Å²) in [4.78, 5) is 14.5. The molecule has 1 atom stereocenters. The highest BCUT2D eigenvalue weighted by Gasteiger charge is 2.25. The molecule has 0 aromatic heterocycles. The lowest BCUT2D eigenvalue weighted by atomic mass is 10.1. The summed E-state index contributed by atoms with van der Waals surface area (Å²) < 4.78 is 24.7. The van der Waals surface area contributed by atoms with Crippen molar-refractivity contribution < 1.29 is 18.7 Å². The molecule has 1 fully saturated rings. The molecule has 25 heavy (non-hydrogen) atoms. The third-order valence-electron chi connectivity index (χ3n) is 4.41. The molecule has 1 heterocycles. The van der Waals surface area contributed by atoms with Gasteiger partial charge in [0.25, 0.3) is 5.91 Å². The van der Waals surface area contributed by atoms with Gasteiger partial charge in [0.05, 0.1) is 19.8 Å². The van der Waals surface area contributed by atoms with Crippen molar-refractivity contribution in [3.63, 3.8) is 0 Å². The highest BCUT2D eigenvalue weighted by atomic mass is 19.1. The van der Waals surface area contributed by atoms with E-state index >= 15 is 0 Å². The van der Waals surface area contributed by atoms with E-state index in [1.54, 1.807) is 42.3 Å². The van der Waals surface area contributed by atoms with E-state index in [1.807, 2.05) is 12.1 Å². The van der Waals surface area contributed by atoms with E-state index in [0.29, 0.717) is 30.0 Å². The molecule has 0 saturated carbocycles. The number of carbonyl (C=O) groups is 1. The molecule has 1 unspecified atom stereocenters. The zero-order chi connectivity index (χ0) is 17.6. The average Bonchev–Trinajstić information content (AvgIpc) is 2.67. The van der Waals surface area contributed by atoms with E-state index in [-0.39, 0.29) is 24.4 Å². The Bertz CT molecular complexity index is 734. The number of carbonyl (C=O) groups excluding carboxylic acids is 1. The second kappa shape index (κ2) is 8.12. The second-order valence-corrected chi connectivity index (χ2v) is 6.15. The first-order chi connectivity index (χ1) is 12.2. The number of hydrogen-bond acceptors (Lipinski definition) is 3. The van der Waals surface area contributed by atoms with Crippen molar-refractivity contribution in [2.24, 2.45) is 0 Å². The monoisotopic (exact) mass is 343 g/mol. The number of nitrogens with zero attached hydrogens (tertiary/aromatic N) is 1. The number of methoxy groups -OCH3 is 1. The molecule has 1 aliphatic rings. The van der Waals surface area contributed by atoms with Gasteiger partial charge in [0.2, 0.25) is 0 Å². The van der Waals surface area contributed by atoms with Crippen LogP contribution in [0.1, 0.15) is 28.8 Å². The summed E-state index contributed by atoms with van der Waals surface area (Å²) in [5.41, 5.74) is 1.15. The number of rotatable bonds is 5. The van der Waals surface area contributed by atoms with Crippen LogP contribution in [0.2, 0.25) is 0 Å². The molecule has 0 radical (unpaired) electrons. The van der Waals surface area contributed by atoms with Crippen molar-refractivity contribution in [1.29, 1.82) is 0 Å². The highest BCUT2D eigenvalue weighted by Crippen LogP contribution is 2.20. The lowest BCUT2D eigenvalue weighted by Gasteiger charge is -2.32. The van der Waals surface area contributed by atoms with Gasteiger partial charge in [-0.15, -0.1) is 0 Å². The minimum absolute atomic E-state index is 0.0295. The molecule has 1 amide bonds.